The van der Waals surface area contributed by atoms with Crippen molar-refractivity contribution in [1.29, 1.82) is 5.26 Å². The number of nitrogens with one attached hydrogen (secondary N) is 2. The summed E-state index contributed by atoms with van der Waals surface area (Å²) >= 11 is 0. The van der Waals surface area contributed by atoms with Gasteiger partial charge in [-0.05, 0) is 138 Å². The third-order valence-electron chi connectivity index (χ3n) is 16.4. The molecule has 4 aromatic heterocycles. The number of hydrogen-bond acceptors (Lipinski definition) is 11. The van der Waals surface area contributed by atoms with Crippen LogP contribution >= 0.6 is 0 Å². The number of nitriles is 1. The maximum atomic E-state index is 13.3. The van der Waals surface area contributed by atoms with Gasteiger partial charge in [-0.25, -0.2) is 14.5 Å². The van der Waals surface area contributed by atoms with Crippen molar-refractivity contribution in [2.75, 3.05) is 42.5 Å². The molecule has 0 radical (unpaired) electrons. The number of hydrogen-bond donors (Lipinski definition) is 2. The Bertz CT molecular complexity index is 2670. The van der Waals surface area contributed by atoms with Gasteiger partial charge in [0, 0.05) is 67.3 Å². The quantitative estimate of drug-likeness (QED) is 0.143. The summed E-state index contributed by atoms with van der Waals surface area (Å²) in [4.78, 5) is 54.9. The molecule has 15 nitrogen and oxygen atoms in total. The van der Waals surface area contributed by atoms with Crippen molar-refractivity contribution in [2.24, 2.45) is 5.41 Å². The van der Waals surface area contributed by atoms with Crippen LogP contribution in [0.3, 0.4) is 0 Å². The molecule has 11 rings (SSSR count). The van der Waals surface area contributed by atoms with Gasteiger partial charge in [0.25, 0.3) is 0 Å². The van der Waals surface area contributed by atoms with E-state index in [1.807, 2.05) is 30.7 Å². The second kappa shape index (κ2) is 17.6. The monoisotopic (exact) mass is 888 g/mol. The smallest absolute Gasteiger partial charge is 0.249 e. The fraction of sp³-hybridized carbons (Fsp3) is 0.529. The van der Waals surface area contributed by atoms with E-state index in [0.29, 0.717) is 53.7 Å². The van der Waals surface area contributed by atoms with Gasteiger partial charge in [0.05, 0.1) is 41.4 Å². The first kappa shape index (κ1) is 42.5. The Kier molecular flexibility index (Phi) is 11.3. The van der Waals surface area contributed by atoms with Gasteiger partial charge in [-0.15, -0.1) is 0 Å². The maximum absolute atomic E-state index is 13.3. The van der Waals surface area contributed by atoms with Crippen LogP contribution in [0, 0.1) is 16.7 Å². The lowest BCUT2D eigenvalue weighted by atomic mass is 9.74. The molecule has 8 heterocycles. The second-order valence-corrected chi connectivity index (χ2v) is 19.8. The molecule has 2 aliphatic carbocycles. The molecule has 15 heteroatoms. The highest BCUT2D eigenvalue weighted by atomic mass is 16.2. The first-order valence-corrected chi connectivity index (χ1v) is 24.6. The number of likely N-dealkylation sites (tertiary alicyclic amines) is 1. The lowest BCUT2D eigenvalue weighted by Gasteiger charge is -2.42. The van der Waals surface area contributed by atoms with Crippen molar-refractivity contribution < 1.29 is 14.4 Å². The van der Waals surface area contributed by atoms with Gasteiger partial charge in [-0.3, -0.25) is 24.4 Å². The zero-order valence-electron chi connectivity index (χ0n) is 38.0. The first-order chi connectivity index (χ1) is 32.3. The third-order valence-corrected chi connectivity index (χ3v) is 16.4. The number of amides is 3. The van der Waals surface area contributed by atoms with Crippen LogP contribution in [0.2, 0.25) is 0 Å². The lowest BCUT2D eigenvalue weighted by molar-refractivity contribution is -0.135. The average Bonchev–Trinajstić information content (AvgIpc) is 4.12. The largest absolute Gasteiger partial charge is 0.359 e. The number of pyridine rings is 1. The molecule has 2 saturated carbocycles. The molecule has 2 N–H and O–H groups in total. The SMILES string of the molecule is CCC1(C(=O)NC2CCC2)CCN(c2ccc(-c3nc(-c4cnn([C@H]5CC[C@H](N6CCC(c7ccc8c(c7)CCN8[C@H]7CCC(=O)NC7=O)CC6)CC5)c4)cn4ncc(C#N)c34)cn2)CC1. The van der Waals surface area contributed by atoms with Gasteiger partial charge in [0.15, 0.2) is 0 Å². The van der Waals surface area contributed by atoms with Gasteiger partial charge < -0.3 is 20.0 Å². The van der Waals surface area contributed by atoms with E-state index < -0.39 is 0 Å². The molecule has 342 valence electrons. The van der Waals surface area contributed by atoms with Crippen LogP contribution in [-0.2, 0) is 20.8 Å². The standard InChI is InChI=1S/C51H60N12O3/c1-2-51(50(66)56-39-4-3-5-39)19-24-60(25-20-51)45-14-7-36(28-53-45)47-48-37(27-52)29-55-63(48)32-42(57-47)38-30-54-62(31-38)41-10-8-40(9-11-41)59-21-16-33(17-22-59)34-6-12-43-35(26-34)18-23-61(43)44-13-15-46(64)58-49(44)65/h6-7,12,14,26,28-33,39-41,44H,2-5,8-11,13,15-25H2,1H3,(H,56,66)(H,58,64,65)/t40-,41-,44-/m0/s1. The minimum atomic E-state index is -0.316. The number of imide groups is 1. The molecule has 1 aromatic carbocycles. The van der Waals surface area contributed by atoms with E-state index in [9.17, 15) is 19.6 Å². The molecule has 0 spiro atoms. The van der Waals surface area contributed by atoms with Gasteiger partial charge in [0.2, 0.25) is 17.7 Å². The Morgan fingerprint density at radius 2 is 1.67 bits per heavy atom. The number of nitrogens with zero attached hydrogens (tertiary/aromatic N) is 10. The Labute approximate surface area is 385 Å². The average molecular weight is 889 g/mol. The molecule has 0 unspecified atom stereocenters. The summed E-state index contributed by atoms with van der Waals surface area (Å²) in [5.41, 5.74) is 7.80. The molecule has 6 aliphatic rings. The number of aromatic nitrogens is 6. The van der Waals surface area contributed by atoms with E-state index in [2.05, 4.69) is 72.5 Å². The molecule has 5 fully saturated rings. The van der Waals surface area contributed by atoms with Crippen LogP contribution in [0.1, 0.15) is 125 Å². The Morgan fingerprint density at radius 3 is 2.38 bits per heavy atom. The zero-order chi connectivity index (χ0) is 44.9. The van der Waals surface area contributed by atoms with E-state index in [0.717, 1.165) is 138 Å². The van der Waals surface area contributed by atoms with Crippen molar-refractivity contribution in [3.05, 3.63) is 78.0 Å². The maximum Gasteiger partial charge on any atom is 0.249 e. The molecular formula is C51H60N12O3. The summed E-state index contributed by atoms with van der Waals surface area (Å²) in [7, 11) is 0. The van der Waals surface area contributed by atoms with Crippen LogP contribution in [0.15, 0.2) is 61.3 Å². The molecule has 4 aliphatic heterocycles. The number of carbonyl (C=O) groups excluding carboxylic acids is 3. The summed E-state index contributed by atoms with van der Waals surface area (Å²) in [6.45, 7) is 6.73. The van der Waals surface area contributed by atoms with Crippen LogP contribution < -0.4 is 20.4 Å². The van der Waals surface area contributed by atoms with Gasteiger partial charge in [-0.1, -0.05) is 19.1 Å². The summed E-state index contributed by atoms with van der Waals surface area (Å²) in [6, 6.07) is 14.2. The highest BCUT2D eigenvalue weighted by Gasteiger charge is 2.42. The van der Waals surface area contributed by atoms with E-state index in [4.69, 9.17) is 15.1 Å². The number of carbonyl (C=O) groups is 3. The zero-order valence-corrected chi connectivity index (χ0v) is 38.0. The highest BCUT2D eigenvalue weighted by Crippen LogP contribution is 2.41. The van der Waals surface area contributed by atoms with Crippen LogP contribution in [-0.4, -0.2) is 103 Å². The number of rotatable bonds is 10. The molecule has 5 aromatic rings. The van der Waals surface area contributed by atoms with Gasteiger partial charge in [-0.2, -0.15) is 15.5 Å². The van der Waals surface area contributed by atoms with Crippen molar-refractivity contribution in [3.63, 3.8) is 0 Å². The van der Waals surface area contributed by atoms with E-state index >= 15 is 0 Å². The molecule has 1 atom stereocenters. The fourth-order valence-electron chi connectivity index (χ4n) is 11.9. The predicted octanol–water partition coefficient (Wildman–Crippen LogP) is 6.72. The summed E-state index contributed by atoms with van der Waals surface area (Å²) in [6.07, 6.45) is 23.9. The van der Waals surface area contributed by atoms with Crippen molar-refractivity contribution in [2.45, 2.75) is 133 Å². The first-order valence-electron chi connectivity index (χ1n) is 24.6. The third kappa shape index (κ3) is 7.90. The van der Waals surface area contributed by atoms with Crippen molar-refractivity contribution in [3.8, 4) is 28.6 Å². The van der Waals surface area contributed by atoms with Crippen LogP contribution in [0.4, 0.5) is 11.5 Å². The molecule has 3 saturated heterocycles. The second-order valence-electron chi connectivity index (χ2n) is 19.8. The number of benzene rings is 1. The van der Waals surface area contributed by atoms with Crippen molar-refractivity contribution in [1.82, 2.24) is 44.9 Å². The Balaban J connectivity index is 0.712. The number of piperidine rings is 3. The van der Waals surface area contributed by atoms with E-state index in [1.165, 1.54) is 17.5 Å². The Morgan fingerprint density at radius 1 is 0.864 bits per heavy atom. The summed E-state index contributed by atoms with van der Waals surface area (Å²) in [5.74, 6) is 1.32. The van der Waals surface area contributed by atoms with E-state index in [-0.39, 0.29) is 29.2 Å². The Hall–Kier alpha value is -6.14. The number of anilines is 2. The predicted molar refractivity (Wildman–Crippen MR) is 251 cm³/mol. The van der Waals surface area contributed by atoms with E-state index in [1.54, 1.807) is 10.7 Å². The minimum Gasteiger partial charge on any atom is -0.359 e. The molecule has 0 bridgehead atoms. The van der Waals surface area contributed by atoms with Gasteiger partial charge >= 0.3 is 0 Å². The summed E-state index contributed by atoms with van der Waals surface area (Å²) in [5, 5.41) is 25.3. The van der Waals surface area contributed by atoms with Gasteiger partial charge in [0.1, 0.15) is 29.0 Å². The minimum absolute atomic E-state index is 0.164. The normalized spacial score (nSPS) is 23.9. The number of fused-ring (bicyclic) bond motifs is 2. The molecule has 3 amide bonds. The topological polar surface area (TPSA) is 170 Å². The molecule has 66 heavy (non-hydrogen) atoms. The van der Waals surface area contributed by atoms with Crippen molar-refractivity contribution >= 4 is 34.7 Å². The van der Waals surface area contributed by atoms with Crippen LogP contribution in [0.5, 0.6) is 0 Å². The fourth-order valence-corrected chi connectivity index (χ4v) is 11.9. The lowest BCUT2D eigenvalue weighted by Crippen LogP contribution is -2.52. The van der Waals surface area contributed by atoms with Crippen LogP contribution in [0.25, 0.3) is 28.0 Å². The summed E-state index contributed by atoms with van der Waals surface area (Å²) < 4.78 is 3.88. The highest BCUT2D eigenvalue weighted by molar-refractivity contribution is 6.02. The molecular weight excluding hydrogens is 829 g/mol.